The number of rotatable bonds is 1. The Morgan fingerprint density at radius 2 is 2.40 bits per heavy atom. The second kappa shape index (κ2) is 3.04. The van der Waals surface area contributed by atoms with E-state index in [1.165, 1.54) is 0 Å². The zero-order chi connectivity index (χ0) is 7.72. The quantitative estimate of drug-likeness (QED) is 0.418. The summed E-state index contributed by atoms with van der Waals surface area (Å²) in [5.74, 6) is -0.631. The van der Waals surface area contributed by atoms with Gasteiger partial charge in [0.05, 0.1) is 5.92 Å². The summed E-state index contributed by atoms with van der Waals surface area (Å²) < 4.78 is 5.50. The van der Waals surface area contributed by atoms with Crippen molar-refractivity contribution in [2.75, 3.05) is 4.43 Å². The van der Waals surface area contributed by atoms with Gasteiger partial charge in [0, 0.05) is 4.43 Å². The number of hydrogen-bond donors (Lipinski definition) is 1. The zero-order valence-corrected chi connectivity index (χ0v) is 7.74. The molecule has 58 valence electrons. The van der Waals surface area contributed by atoms with E-state index in [-0.39, 0.29) is 18.0 Å². The first-order valence-corrected chi connectivity index (χ1v) is 4.64. The van der Waals surface area contributed by atoms with Gasteiger partial charge in [0.25, 0.3) is 0 Å². The number of cyclic esters (lactones) is 1. The molecule has 1 N–H and O–H groups in total. The van der Waals surface area contributed by atoms with Gasteiger partial charge in [-0.05, 0) is 6.92 Å². The molecule has 4 heteroatoms. The van der Waals surface area contributed by atoms with Gasteiger partial charge in [-0.2, -0.15) is 0 Å². The standard InChI is InChI=1S/C6H9IO3/c1-3-5(8)4(2-7)10-6(3)9/h3-5,8H,2H2,1H3/t3-,4-,5-/m0/s1. The number of carbonyl (C=O) groups is 1. The van der Waals surface area contributed by atoms with Crippen molar-refractivity contribution in [2.24, 2.45) is 5.92 Å². The molecule has 1 heterocycles. The van der Waals surface area contributed by atoms with Crippen LogP contribution in [0.2, 0.25) is 0 Å². The number of alkyl halides is 1. The fraction of sp³-hybridized carbons (Fsp3) is 0.833. The molecule has 0 saturated carbocycles. The van der Waals surface area contributed by atoms with Crippen LogP contribution in [-0.4, -0.2) is 27.7 Å². The third-order valence-corrected chi connectivity index (χ3v) is 2.55. The lowest BCUT2D eigenvalue weighted by Gasteiger charge is -2.09. The van der Waals surface area contributed by atoms with Crippen molar-refractivity contribution in [3.63, 3.8) is 0 Å². The van der Waals surface area contributed by atoms with E-state index in [1.54, 1.807) is 6.92 Å². The number of ether oxygens (including phenoxy) is 1. The summed E-state index contributed by atoms with van der Waals surface area (Å²) in [7, 11) is 0. The van der Waals surface area contributed by atoms with Crippen LogP contribution in [0.25, 0.3) is 0 Å². The van der Waals surface area contributed by atoms with E-state index in [0.29, 0.717) is 4.43 Å². The van der Waals surface area contributed by atoms with Crippen molar-refractivity contribution in [1.82, 2.24) is 0 Å². The predicted molar refractivity (Wildman–Crippen MR) is 43.9 cm³/mol. The highest BCUT2D eigenvalue weighted by Crippen LogP contribution is 2.22. The molecule has 3 atom stereocenters. The van der Waals surface area contributed by atoms with E-state index < -0.39 is 6.10 Å². The molecule has 10 heavy (non-hydrogen) atoms. The Labute approximate surface area is 72.9 Å². The summed E-state index contributed by atoms with van der Waals surface area (Å²) in [6, 6.07) is 0. The van der Waals surface area contributed by atoms with Crippen molar-refractivity contribution in [3.05, 3.63) is 0 Å². The lowest BCUT2D eigenvalue weighted by Crippen LogP contribution is -2.26. The smallest absolute Gasteiger partial charge is 0.311 e. The molecule has 0 aliphatic carbocycles. The first-order chi connectivity index (χ1) is 4.66. The molecule has 0 amide bonds. The molecule has 0 bridgehead atoms. The Bertz CT molecular complexity index is 148. The van der Waals surface area contributed by atoms with Gasteiger partial charge in [-0.15, -0.1) is 0 Å². The lowest BCUT2D eigenvalue weighted by molar-refractivity contribution is -0.143. The van der Waals surface area contributed by atoms with Crippen molar-refractivity contribution < 1.29 is 14.6 Å². The Hall–Kier alpha value is 0.160. The van der Waals surface area contributed by atoms with Crippen LogP contribution >= 0.6 is 22.6 Å². The third-order valence-electron chi connectivity index (χ3n) is 1.68. The number of carbonyl (C=O) groups excluding carboxylic acids is 1. The summed E-state index contributed by atoms with van der Waals surface area (Å²) in [4.78, 5) is 10.8. The molecule has 0 aromatic carbocycles. The SMILES string of the molecule is C[C@@H]1C(=O)O[C@@H](CI)[C@H]1O. The number of aliphatic hydroxyl groups is 1. The average molecular weight is 256 g/mol. The molecule has 0 aromatic rings. The Balaban J connectivity index is 2.61. The molecule has 0 unspecified atom stereocenters. The molecule has 1 aliphatic rings. The molecule has 1 rings (SSSR count). The summed E-state index contributed by atoms with van der Waals surface area (Å²) in [5, 5.41) is 9.28. The van der Waals surface area contributed by atoms with Gasteiger partial charge in [-0.25, -0.2) is 0 Å². The minimum atomic E-state index is -0.607. The highest BCUT2D eigenvalue weighted by molar-refractivity contribution is 14.1. The first-order valence-electron chi connectivity index (χ1n) is 3.11. The maximum atomic E-state index is 10.8. The van der Waals surface area contributed by atoms with Crippen LogP contribution in [-0.2, 0) is 9.53 Å². The highest BCUT2D eigenvalue weighted by Gasteiger charge is 2.39. The summed E-state index contributed by atoms with van der Waals surface area (Å²) in [5.41, 5.74) is 0. The summed E-state index contributed by atoms with van der Waals surface area (Å²) in [6.07, 6.45) is -0.896. The molecular formula is C6H9IO3. The second-order valence-corrected chi connectivity index (χ2v) is 3.29. The monoisotopic (exact) mass is 256 g/mol. The zero-order valence-electron chi connectivity index (χ0n) is 5.58. The Kier molecular flexibility index (Phi) is 2.51. The van der Waals surface area contributed by atoms with E-state index in [9.17, 15) is 9.90 Å². The van der Waals surface area contributed by atoms with E-state index >= 15 is 0 Å². The van der Waals surface area contributed by atoms with Gasteiger partial charge in [0.2, 0.25) is 0 Å². The van der Waals surface area contributed by atoms with Gasteiger partial charge in [-0.3, -0.25) is 4.79 Å². The van der Waals surface area contributed by atoms with Crippen LogP contribution < -0.4 is 0 Å². The van der Waals surface area contributed by atoms with Crippen molar-refractivity contribution >= 4 is 28.6 Å². The van der Waals surface area contributed by atoms with Gasteiger partial charge in [0.1, 0.15) is 12.2 Å². The molecule has 3 nitrogen and oxygen atoms in total. The molecular weight excluding hydrogens is 247 g/mol. The molecule has 0 spiro atoms. The van der Waals surface area contributed by atoms with Gasteiger partial charge in [-0.1, -0.05) is 22.6 Å². The van der Waals surface area contributed by atoms with Crippen LogP contribution in [0, 0.1) is 5.92 Å². The number of esters is 1. The number of aliphatic hydroxyl groups excluding tert-OH is 1. The average Bonchev–Trinajstić information content (AvgIpc) is 2.17. The van der Waals surface area contributed by atoms with E-state index in [0.717, 1.165) is 0 Å². The largest absolute Gasteiger partial charge is 0.458 e. The fourth-order valence-electron chi connectivity index (χ4n) is 0.910. The molecule has 0 aromatic heterocycles. The normalized spacial score (nSPS) is 39.9. The van der Waals surface area contributed by atoms with Crippen molar-refractivity contribution in [3.8, 4) is 0 Å². The van der Waals surface area contributed by atoms with Gasteiger partial charge < -0.3 is 9.84 Å². The minimum Gasteiger partial charge on any atom is -0.458 e. The summed E-state index contributed by atoms with van der Waals surface area (Å²) >= 11 is 2.09. The van der Waals surface area contributed by atoms with Crippen molar-refractivity contribution in [1.29, 1.82) is 0 Å². The van der Waals surface area contributed by atoms with Crippen LogP contribution in [0.4, 0.5) is 0 Å². The second-order valence-electron chi connectivity index (χ2n) is 2.41. The van der Waals surface area contributed by atoms with Crippen LogP contribution in [0.15, 0.2) is 0 Å². The predicted octanol–water partition coefficient (Wildman–Crippen LogP) is 0.344. The van der Waals surface area contributed by atoms with Crippen molar-refractivity contribution in [2.45, 2.75) is 19.1 Å². The molecule has 1 aliphatic heterocycles. The maximum Gasteiger partial charge on any atom is 0.311 e. The van der Waals surface area contributed by atoms with Gasteiger partial charge >= 0.3 is 5.97 Å². The molecule has 0 radical (unpaired) electrons. The van der Waals surface area contributed by atoms with Crippen LogP contribution in [0.5, 0.6) is 0 Å². The summed E-state index contributed by atoms with van der Waals surface area (Å²) in [6.45, 7) is 1.68. The van der Waals surface area contributed by atoms with Crippen LogP contribution in [0.1, 0.15) is 6.92 Å². The number of hydrogen-bond acceptors (Lipinski definition) is 3. The lowest BCUT2D eigenvalue weighted by atomic mass is 10.1. The maximum absolute atomic E-state index is 10.8. The minimum absolute atomic E-state index is 0.283. The molecule has 1 fully saturated rings. The Morgan fingerprint density at radius 3 is 2.60 bits per heavy atom. The highest BCUT2D eigenvalue weighted by atomic mass is 127. The van der Waals surface area contributed by atoms with E-state index in [4.69, 9.17) is 4.74 Å². The fourth-order valence-corrected chi connectivity index (χ4v) is 1.61. The van der Waals surface area contributed by atoms with E-state index in [2.05, 4.69) is 22.6 Å². The topological polar surface area (TPSA) is 46.5 Å². The Morgan fingerprint density at radius 1 is 1.80 bits per heavy atom. The van der Waals surface area contributed by atoms with Crippen LogP contribution in [0.3, 0.4) is 0 Å². The third kappa shape index (κ3) is 1.27. The van der Waals surface area contributed by atoms with E-state index in [1.807, 2.05) is 0 Å². The molecule has 1 saturated heterocycles. The number of halogens is 1. The van der Waals surface area contributed by atoms with Gasteiger partial charge in [0.15, 0.2) is 0 Å². The first kappa shape index (κ1) is 8.26.